The van der Waals surface area contributed by atoms with Gasteiger partial charge in [-0.05, 0) is 93.8 Å². The predicted molar refractivity (Wildman–Crippen MR) is 182 cm³/mol. The lowest BCUT2D eigenvalue weighted by atomic mass is 9.90. The van der Waals surface area contributed by atoms with Crippen LogP contribution >= 0.6 is 0 Å². The summed E-state index contributed by atoms with van der Waals surface area (Å²) in [7, 11) is 1.73. The molecular formula is C41H32N2O. The van der Waals surface area contributed by atoms with E-state index >= 15 is 0 Å². The molecule has 44 heavy (non-hydrogen) atoms. The van der Waals surface area contributed by atoms with Gasteiger partial charge in [-0.15, -0.1) is 0 Å². The Bertz CT molecular complexity index is 1970. The number of rotatable bonds is 7. The van der Waals surface area contributed by atoms with Crippen LogP contribution in [-0.2, 0) is 0 Å². The molecule has 2 aromatic heterocycles. The number of hydrogen-bond acceptors (Lipinski definition) is 3. The fourth-order valence-electron chi connectivity index (χ4n) is 5.91. The van der Waals surface area contributed by atoms with Crippen molar-refractivity contribution in [2.24, 2.45) is 0 Å². The molecule has 0 amide bonds. The van der Waals surface area contributed by atoms with E-state index in [1.165, 1.54) is 11.1 Å². The summed E-state index contributed by atoms with van der Waals surface area (Å²) in [5.74, 6) is 0.818. The smallest absolute Gasteiger partial charge is 0.120 e. The van der Waals surface area contributed by atoms with Crippen LogP contribution < -0.4 is 4.74 Å². The molecule has 0 saturated heterocycles. The van der Waals surface area contributed by atoms with E-state index in [9.17, 15) is 0 Å². The van der Waals surface area contributed by atoms with Crippen LogP contribution in [0.1, 0.15) is 18.5 Å². The summed E-state index contributed by atoms with van der Waals surface area (Å²) >= 11 is 0. The summed E-state index contributed by atoms with van der Waals surface area (Å²) in [6, 6.07) is 42.6. The lowest BCUT2D eigenvalue weighted by Crippen LogP contribution is -1.94. The molecule has 0 radical (unpaired) electrons. The van der Waals surface area contributed by atoms with Crippen molar-refractivity contribution < 1.29 is 4.74 Å². The Kier molecular flexibility index (Phi) is 7.67. The Labute approximate surface area is 258 Å². The maximum Gasteiger partial charge on any atom is 0.120 e. The van der Waals surface area contributed by atoms with Crippen molar-refractivity contribution in [1.82, 2.24) is 9.97 Å². The average Bonchev–Trinajstić information content (AvgIpc) is 3.12. The van der Waals surface area contributed by atoms with Crippen molar-refractivity contribution >= 4 is 5.57 Å². The Hall–Kier alpha value is -5.54. The van der Waals surface area contributed by atoms with Crippen LogP contribution in [0.5, 0.6) is 5.75 Å². The topological polar surface area (TPSA) is 35.0 Å². The number of allylic oxidation sites excluding steroid dienone is 4. The highest BCUT2D eigenvalue weighted by Crippen LogP contribution is 2.40. The van der Waals surface area contributed by atoms with Crippen LogP contribution in [0.15, 0.2) is 152 Å². The molecule has 2 heterocycles. The van der Waals surface area contributed by atoms with Crippen molar-refractivity contribution in [3.63, 3.8) is 0 Å². The maximum atomic E-state index is 5.85. The van der Waals surface area contributed by atoms with E-state index in [0.717, 1.165) is 74.5 Å². The standard InChI is InChI=1S/C41H32N2O/c1-44-35-26-33(38-15-7-5-13-36(38)29-18-20-31(21-19-29)40-17-9-10-24-42-40)25-34(27-35)39-16-8-6-14-37(39)32-22-23-41(43-28-32)30-11-3-2-4-12-30/h2-3,5-11,13-28H,4,12H2,1H3. The zero-order chi connectivity index (χ0) is 29.7. The number of aromatic nitrogens is 2. The third-order valence-electron chi connectivity index (χ3n) is 8.19. The zero-order valence-electron chi connectivity index (χ0n) is 24.7. The zero-order valence-corrected chi connectivity index (χ0v) is 24.7. The van der Waals surface area contributed by atoms with Crippen LogP contribution in [0.25, 0.3) is 61.3 Å². The van der Waals surface area contributed by atoms with Gasteiger partial charge in [0.25, 0.3) is 0 Å². The second kappa shape index (κ2) is 12.4. The molecule has 0 unspecified atom stereocenters. The van der Waals surface area contributed by atoms with E-state index in [1.54, 1.807) is 7.11 Å². The molecule has 0 bridgehead atoms. The van der Waals surface area contributed by atoms with Gasteiger partial charge >= 0.3 is 0 Å². The monoisotopic (exact) mass is 568 g/mol. The van der Waals surface area contributed by atoms with Crippen molar-refractivity contribution in [1.29, 1.82) is 0 Å². The quantitative estimate of drug-likeness (QED) is 0.192. The molecule has 7 rings (SSSR count). The minimum absolute atomic E-state index is 0.818. The first-order valence-electron chi connectivity index (χ1n) is 15.0. The molecule has 1 aliphatic rings. The van der Waals surface area contributed by atoms with Crippen molar-refractivity contribution in [2.45, 2.75) is 12.8 Å². The van der Waals surface area contributed by atoms with Crippen molar-refractivity contribution in [3.8, 4) is 61.5 Å². The van der Waals surface area contributed by atoms with Crippen molar-refractivity contribution in [3.05, 3.63) is 158 Å². The molecule has 3 heteroatoms. The van der Waals surface area contributed by atoms with Gasteiger partial charge in [-0.2, -0.15) is 0 Å². The summed E-state index contributed by atoms with van der Waals surface area (Å²) in [6.07, 6.45) is 12.4. The summed E-state index contributed by atoms with van der Waals surface area (Å²) in [5, 5.41) is 0. The highest BCUT2D eigenvalue weighted by molar-refractivity contribution is 5.90. The van der Waals surface area contributed by atoms with E-state index in [1.807, 2.05) is 30.6 Å². The number of benzene rings is 4. The molecule has 0 saturated carbocycles. The highest BCUT2D eigenvalue weighted by atomic mass is 16.5. The Morgan fingerprint density at radius 2 is 1.16 bits per heavy atom. The molecule has 0 atom stereocenters. The first-order chi connectivity index (χ1) is 21.8. The molecule has 0 aliphatic heterocycles. The third kappa shape index (κ3) is 5.60. The first kappa shape index (κ1) is 27.3. The summed E-state index contributed by atoms with van der Waals surface area (Å²) in [4.78, 5) is 9.36. The molecule has 212 valence electrons. The van der Waals surface area contributed by atoms with Crippen LogP contribution in [0, 0.1) is 0 Å². The van der Waals surface area contributed by atoms with Gasteiger partial charge in [0.15, 0.2) is 0 Å². The summed E-state index contributed by atoms with van der Waals surface area (Å²) in [6.45, 7) is 0. The number of pyridine rings is 2. The van der Waals surface area contributed by atoms with Crippen LogP contribution in [0.4, 0.5) is 0 Å². The Balaban J connectivity index is 1.27. The minimum atomic E-state index is 0.818. The number of nitrogens with zero attached hydrogens (tertiary/aromatic N) is 2. The third-order valence-corrected chi connectivity index (χ3v) is 8.19. The minimum Gasteiger partial charge on any atom is -0.497 e. The Morgan fingerprint density at radius 3 is 1.73 bits per heavy atom. The van der Waals surface area contributed by atoms with Gasteiger partial charge in [0.1, 0.15) is 5.75 Å². The summed E-state index contributed by atoms with van der Waals surface area (Å²) < 4.78 is 5.85. The molecule has 3 nitrogen and oxygen atoms in total. The van der Waals surface area contributed by atoms with Gasteiger partial charge in [0.05, 0.1) is 18.5 Å². The molecule has 0 N–H and O–H groups in total. The van der Waals surface area contributed by atoms with Crippen LogP contribution in [-0.4, -0.2) is 17.1 Å². The molecular weight excluding hydrogens is 536 g/mol. The van der Waals surface area contributed by atoms with Crippen LogP contribution in [0.2, 0.25) is 0 Å². The number of ether oxygens (including phenoxy) is 1. The molecule has 0 fully saturated rings. The number of methoxy groups -OCH3 is 1. The SMILES string of the molecule is COc1cc(-c2ccccc2-c2ccc(-c3ccccn3)cc2)cc(-c2ccccc2-c2ccc(C3=CC=CCC3)nc2)c1. The van der Waals surface area contributed by atoms with Crippen molar-refractivity contribution in [2.75, 3.05) is 7.11 Å². The van der Waals surface area contributed by atoms with Gasteiger partial charge in [-0.25, -0.2) is 0 Å². The van der Waals surface area contributed by atoms with Gasteiger partial charge in [-0.3, -0.25) is 9.97 Å². The van der Waals surface area contributed by atoms with E-state index in [0.29, 0.717) is 0 Å². The lowest BCUT2D eigenvalue weighted by molar-refractivity contribution is 0.415. The van der Waals surface area contributed by atoms with Crippen LogP contribution in [0.3, 0.4) is 0 Å². The summed E-state index contributed by atoms with van der Waals surface area (Å²) in [5.41, 5.74) is 13.4. The normalized spacial score (nSPS) is 12.5. The molecule has 4 aromatic carbocycles. The number of hydrogen-bond donors (Lipinski definition) is 0. The van der Waals surface area contributed by atoms with Gasteiger partial charge in [0.2, 0.25) is 0 Å². The maximum absolute atomic E-state index is 5.85. The largest absolute Gasteiger partial charge is 0.497 e. The van der Waals surface area contributed by atoms with E-state index in [4.69, 9.17) is 9.72 Å². The van der Waals surface area contributed by atoms with E-state index in [2.05, 4.69) is 126 Å². The second-order valence-corrected chi connectivity index (χ2v) is 10.9. The van der Waals surface area contributed by atoms with Gasteiger partial charge in [-0.1, -0.05) is 103 Å². The van der Waals surface area contributed by atoms with E-state index in [-0.39, 0.29) is 0 Å². The second-order valence-electron chi connectivity index (χ2n) is 10.9. The predicted octanol–water partition coefficient (Wildman–Crippen LogP) is 10.6. The van der Waals surface area contributed by atoms with Gasteiger partial charge in [0, 0.05) is 23.5 Å². The molecule has 1 aliphatic carbocycles. The molecule has 0 spiro atoms. The fraction of sp³-hybridized carbons (Fsp3) is 0.0732. The van der Waals surface area contributed by atoms with Gasteiger partial charge < -0.3 is 4.74 Å². The molecule has 6 aromatic rings. The highest BCUT2D eigenvalue weighted by Gasteiger charge is 2.14. The van der Waals surface area contributed by atoms with E-state index < -0.39 is 0 Å². The first-order valence-corrected chi connectivity index (χ1v) is 15.0. The fourth-order valence-corrected chi connectivity index (χ4v) is 5.91. The lowest BCUT2D eigenvalue weighted by Gasteiger charge is -2.16. The average molecular weight is 569 g/mol. The Morgan fingerprint density at radius 1 is 0.545 bits per heavy atom.